The Kier molecular flexibility index (Phi) is 13.9. The molecule has 1 unspecified atom stereocenters. The quantitative estimate of drug-likeness (QED) is 0.0875. The Balaban J connectivity index is 2.71. The molecule has 1 atom stereocenters. The molecule has 0 aliphatic carbocycles. The van der Waals surface area contributed by atoms with Crippen LogP contribution in [0.1, 0.15) is 102 Å². The van der Waals surface area contributed by atoms with E-state index < -0.39 is 5.38 Å². The van der Waals surface area contributed by atoms with Crippen LogP contribution in [0.4, 0.5) is 0 Å². The molecule has 0 bridgehead atoms. The molecule has 0 amide bonds. The molecule has 0 radical (unpaired) electrons. The average Bonchev–Trinajstić information content (AvgIpc) is 2.74. The molecule has 0 N–H and O–H groups in total. The third kappa shape index (κ3) is 10.8. The van der Waals surface area contributed by atoms with Crippen LogP contribution in [0.5, 0.6) is 11.5 Å². The molecule has 0 fully saturated rings. The summed E-state index contributed by atoms with van der Waals surface area (Å²) >= 11 is 6.23. The first-order chi connectivity index (χ1) is 14.5. The van der Waals surface area contributed by atoms with Gasteiger partial charge >= 0.3 is 11.9 Å². The number of alkyl halides is 1. The van der Waals surface area contributed by atoms with Crippen molar-refractivity contribution in [1.29, 1.82) is 0 Å². The summed E-state index contributed by atoms with van der Waals surface area (Å²) in [6.07, 6.45) is 12.8. The van der Waals surface area contributed by atoms with Crippen molar-refractivity contribution in [1.82, 2.24) is 0 Å². The van der Waals surface area contributed by atoms with Gasteiger partial charge in [-0.25, -0.2) is 0 Å². The fourth-order valence-corrected chi connectivity index (χ4v) is 3.23. The van der Waals surface area contributed by atoms with E-state index in [-0.39, 0.29) is 23.4 Å². The number of carbonyl (C=O) groups is 2. The molecular formula is C25H37ClO4. The van der Waals surface area contributed by atoms with Gasteiger partial charge in [0.15, 0.2) is 11.5 Å². The predicted octanol–water partition coefficient (Wildman–Crippen LogP) is 7.68. The molecule has 5 heteroatoms. The molecule has 1 aromatic rings. The smallest absolute Gasteiger partial charge is 0.311 e. The number of esters is 2. The summed E-state index contributed by atoms with van der Waals surface area (Å²) in [7, 11) is 0. The van der Waals surface area contributed by atoms with E-state index in [4.69, 9.17) is 21.1 Å². The second kappa shape index (κ2) is 16.0. The normalized spacial score (nSPS) is 11.7. The van der Waals surface area contributed by atoms with Crippen molar-refractivity contribution in [3.8, 4) is 11.5 Å². The van der Waals surface area contributed by atoms with Crippen LogP contribution in [0.3, 0.4) is 0 Å². The number of halogens is 1. The number of rotatable bonds is 16. The molecule has 0 heterocycles. The van der Waals surface area contributed by atoms with Gasteiger partial charge in [-0.15, -0.1) is 18.2 Å². The molecule has 1 rings (SSSR count). The summed E-state index contributed by atoms with van der Waals surface area (Å²) in [5.41, 5.74) is 0.733. The lowest BCUT2D eigenvalue weighted by molar-refractivity contribution is -0.137. The molecule has 0 spiro atoms. The zero-order valence-electron chi connectivity index (χ0n) is 18.6. The van der Waals surface area contributed by atoms with Gasteiger partial charge in [0.25, 0.3) is 0 Å². The van der Waals surface area contributed by atoms with E-state index >= 15 is 0 Å². The minimum Gasteiger partial charge on any atom is -0.423 e. The first kappa shape index (κ1) is 26.2. The van der Waals surface area contributed by atoms with Crippen molar-refractivity contribution < 1.29 is 19.1 Å². The highest BCUT2D eigenvalue weighted by Crippen LogP contribution is 2.33. The Morgan fingerprint density at radius 2 is 1.37 bits per heavy atom. The summed E-state index contributed by atoms with van der Waals surface area (Å²) < 4.78 is 11.0. The number of ether oxygens (including phenoxy) is 2. The van der Waals surface area contributed by atoms with Crippen LogP contribution in [0, 0.1) is 0 Å². The molecule has 0 aliphatic rings. The maximum absolute atomic E-state index is 12.3. The van der Waals surface area contributed by atoms with E-state index in [1.54, 1.807) is 24.3 Å². The third-order valence-electron chi connectivity index (χ3n) is 4.91. The molecular weight excluding hydrogens is 400 g/mol. The summed E-state index contributed by atoms with van der Waals surface area (Å²) in [4.78, 5) is 24.5. The SMILES string of the molecule is C=CC(Cl)c1ccc(OC(=O)CCCCCCC)c(OC(=O)CCCCCCC)c1. The van der Waals surface area contributed by atoms with Gasteiger partial charge in [0.05, 0.1) is 5.38 Å². The lowest BCUT2D eigenvalue weighted by Crippen LogP contribution is -2.12. The second-order valence-electron chi connectivity index (χ2n) is 7.62. The number of benzene rings is 1. The Morgan fingerprint density at radius 3 is 1.87 bits per heavy atom. The van der Waals surface area contributed by atoms with Crippen molar-refractivity contribution in [2.45, 2.75) is 96.3 Å². The second-order valence-corrected chi connectivity index (χ2v) is 8.09. The molecule has 0 aliphatic heterocycles. The van der Waals surface area contributed by atoms with Crippen molar-refractivity contribution in [3.05, 3.63) is 36.4 Å². The minimum atomic E-state index is -0.417. The van der Waals surface area contributed by atoms with Crippen LogP contribution < -0.4 is 9.47 Å². The Labute approximate surface area is 187 Å². The first-order valence-corrected chi connectivity index (χ1v) is 11.8. The van der Waals surface area contributed by atoms with Crippen molar-refractivity contribution >= 4 is 23.5 Å². The highest BCUT2D eigenvalue weighted by atomic mass is 35.5. The largest absolute Gasteiger partial charge is 0.423 e. The van der Waals surface area contributed by atoms with Crippen molar-refractivity contribution in [2.24, 2.45) is 0 Å². The minimum absolute atomic E-state index is 0.234. The van der Waals surface area contributed by atoms with E-state index in [1.165, 1.54) is 12.8 Å². The van der Waals surface area contributed by atoms with Gasteiger partial charge in [0.1, 0.15) is 0 Å². The predicted molar refractivity (Wildman–Crippen MR) is 123 cm³/mol. The monoisotopic (exact) mass is 436 g/mol. The van der Waals surface area contributed by atoms with Crippen molar-refractivity contribution in [3.63, 3.8) is 0 Å². The number of carbonyl (C=O) groups excluding carboxylic acids is 2. The zero-order valence-corrected chi connectivity index (χ0v) is 19.3. The van der Waals surface area contributed by atoms with Gasteiger partial charge in [-0.1, -0.05) is 77.4 Å². The number of unbranched alkanes of at least 4 members (excludes halogenated alkanes) is 8. The number of allylic oxidation sites excluding steroid dienone is 1. The Bertz CT molecular complexity index is 657. The van der Waals surface area contributed by atoms with Gasteiger partial charge in [-0.2, -0.15) is 0 Å². The number of hydrogen-bond acceptors (Lipinski definition) is 4. The van der Waals surface area contributed by atoms with Gasteiger partial charge in [-0.3, -0.25) is 9.59 Å². The van der Waals surface area contributed by atoms with Gasteiger partial charge in [-0.05, 0) is 30.5 Å². The number of hydrogen-bond donors (Lipinski definition) is 0. The van der Waals surface area contributed by atoms with Crippen LogP contribution in [0.2, 0.25) is 0 Å². The zero-order chi connectivity index (χ0) is 22.2. The molecule has 0 saturated carbocycles. The molecule has 1 aromatic carbocycles. The van der Waals surface area contributed by atoms with E-state index in [2.05, 4.69) is 20.4 Å². The maximum Gasteiger partial charge on any atom is 0.311 e. The van der Waals surface area contributed by atoms with E-state index in [0.29, 0.717) is 12.8 Å². The van der Waals surface area contributed by atoms with Crippen LogP contribution in [-0.2, 0) is 9.59 Å². The fourth-order valence-electron chi connectivity index (χ4n) is 3.09. The molecule has 4 nitrogen and oxygen atoms in total. The van der Waals surface area contributed by atoms with Crippen LogP contribution in [-0.4, -0.2) is 11.9 Å². The average molecular weight is 437 g/mol. The van der Waals surface area contributed by atoms with Gasteiger partial charge in [0, 0.05) is 12.8 Å². The van der Waals surface area contributed by atoms with Crippen LogP contribution >= 0.6 is 11.6 Å². The summed E-state index contributed by atoms with van der Waals surface area (Å²) in [6.45, 7) is 8.01. The van der Waals surface area contributed by atoms with Gasteiger partial charge < -0.3 is 9.47 Å². The molecule has 168 valence electrons. The lowest BCUT2D eigenvalue weighted by atomic mass is 10.1. The van der Waals surface area contributed by atoms with Crippen LogP contribution in [0.25, 0.3) is 0 Å². The molecule has 30 heavy (non-hydrogen) atoms. The highest BCUT2D eigenvalue weighted by molar-refractivity contribution is 6.21. The Hall–Kier alpha value is -1.81. The molecule has 0 saturated heterocycles. The topological polar surface area (TPSA) is 52.6 Å². The summed E-state index contributed by atoms with van der Waals surface area (Å²) in [6, 6.07) is 5.04. The van der Waals surface area contributed by atoms with Gasteiger partial charge in [0.2, 0.25) is 0 Å². The summed E-state index contributed by atoms with van der Waals surface area (Å²) in [5.74, 6) is -0.157. The van der Waals surface area contributed by atoms with E-state index in [0.717, 1.165) is 56.9 Å². The Morgan fingerprint density at radius 1 is 0.867 bits per heavy atom. The highest BCUT2D eigenvalue weighted by Gasteiger charge is 2.16. The van der Waals surface area contributed by atoms with E-state index in [1.807, 2.05) is 0 Å². The molecule has 0 aromatic heterocycles. The fraction of sp³-hybridized carbons (Fsp3) is 0.600. The lowest BCUT2D eigenvalue weighted by Gasteiger charge is -2.13. The van der Waals surface area contributed by atoms with Crippen LogP contribution in [0.15, 0.2) is 30.9 Å². The van der Waals surface area contributed by atoms with E-state index in [9.17, 15) is 9.59 Å². The maximum atomic E-state index is 12.3. The third-order valence-corrected chi connectivity index (χ3v) is 5.34. The first-order valence-electron chi connectivity index (χ1n) is 11.3. The summed E-state index contributed by atoms with van der Waals surface area (Å²) in [5, 5.41) is -0.417. The standard InChI is InChI=1S/C25H37ClO4/c1-4-7-9-11-13-15-24(27)29-22-18-17-20(21(26)6-3)19-23(22)30-25(28)16-14-12-10-8-5-2/h6,17-19,21H,3-5,7-16H2,1-2H3. The van der Waals surface area contributed by atoms with Crippen molar-refractivity contribution in [2.75, 3.05) is 0 Å².